The molecule has 4 rings (SSSR count). The van der Waals surface area contributed by atoms with Crippen molar-refractivity contribution in [1.82, 2.24) is 15.5 Å². The van der Waals surface area contributed by atoms with E-state index in [4.69, 9.17) is 16.9 Å². The SMILES string of the molecule is CCNC1CC(C(=O)Nc2n[nH]c3ccc(-c4cc(C#N)ccc4Cl)cc23)C1.Cl. The molecule has 0 aliphatic heterocycles. The Kier molecular flexibility index (Phi) is 6.43. The van der Waals surface area contributed by atoms with Crippen LogP contribution >= 0.6 is 24.0 Å². The maximum Gasteiger partial charge on any atom is 0.228 e. The van der Waals surface area contributed by atoms with Gasteiger partial charge >= 0.3 is 0 Å². The minimum Gasteiger partial charge on any atom is -0.314 e. The van der Waals surface area contributed by atoms with Crippen LogP contribution in [0.4, 0.5) is 5.82 Å². The van der Waals surface area contributed by atoms with E-state index in [-0.39, 0.29) is 24.2 Å². The molecule has 1 aliphatic rings. The van der Waals surface area contributed by atoms with Crippen molar-refractivity contribution in [3.05, 3.63) is 47.0 Å². The number of anilines is 1. The predicted molar refractivity (Wildman–Crippen MR) is 117 cm³/mol. The molecule has 3 N–H and O–H groups in total. The van der Waals surface area contributed by atoms with Gasteiger partial charge in [0.1, 0.15) is 0 Å². The second kappa shape index (κ2) is 8.83. The Bertz CT molecular complexity index is 1080. The van der Waals surface area contributed by atoms with E-state index in [1.165, 1.54) is 0 Å². The van der Waals surface area contributed by atoms with Crippen molar-refractivity contribution < 1.29 is 4.79 Å². The number of aromatic amines is 1. The van der Waals surface area contributed by atoms with Crippen molar-refractivity contribution in [3.8, 4) is 17.2 Å². The molecule has 3 aromatic rings. The number of halogens is 2. The topological polar surface area (TPSA) is 93.6 Å². The zero-order chi connectivity index (χ0) is 19.7. The summed E-state index contributed by atoms with van der Waals surface area (Å²) >= 11 is 6.34. The number of hydrogen-bond acceptors (Lipinski definition) is 4. The van der Waals surface area contributed by atoms with E-state index in [1.807, 2.05) is 18.2 Å². The van der Waals surface area contributed by atoms with Gasteiger partial charge < -0.3 is 10.6 Å². The first-order valence-corrected chi connectivity index (χ1v) is 9.69. The Morgan fingerprint density at radius 1 is 1.31 bits per heavy atom. The van der Waals surface area contributed by atoms with Crippen LogP contribution in [-0.2, 0) is 4.79 Å². The number of rotatable bonds is 5. The van der Waals surface area contributed by atoms with Crippen molar-refractivity contribution in [2.45, 2.75) is 25.8 Å². The van der Waals surface area contributed by atoms with E-state index in [9.17, 15) is 4.79 Å². The highest BCUT2D eigenvalue weighted by Crippen LogP contribution is 2.33. The van der Waals surface area contributed by atoms with Gasteiger partial charge in [0, 0.05) is 27.9 Å². The Labute approximate surface area is 180 Å². The van der Waals surface area contributed by atoms with Gasteiger partial charge in [-0.25, -0.2) is 0 Å². The lowest BCUT2D eigenvalue weighted by molar-refractivity contribution is -0.122. The van der Waals surface area contributed by atoms with Crippen LogP contribution in [0.3, 0.4) is 0 Å². The molecule has 1 saturated carbocycles. The Morgan fingerprint density at radius 3 is 2.83 bits per heavy atom. The minimum atomic E-state index is -0.00235. The third-order valence-electron chi connectivity index (χ3n) is 5.21. The predicted octanol–water partition coefficient (Wildman–Crippen LogP) is 4.50. The number of nitrogens with one attached hydrogen (secondary N) is 3. The van der Waals surface area contributed by atoms with E-state index in [0.717, 1.165) is 41.4 Å². The van der Waals surface area contributed by atoms with E-state index in [2.05, 4.69) is 33.8 Å². The van der Waals surface area contributed by atoms with Gasteiger partial charge in [-0.2, -0.15) is 10.4 Å². The van der Waals surface area contributed by atoms with Crippen molar-refractivity contribution in [2.24, 2.45) is 5.92 Å². The van der Waals surface area contributed by atoms with E-state index in [0.29, 0.717) is 22.4 Å². The normalized spacial score (nSPS) is 17.8. The molecule has 8 heteroatoms. The maximum atomic E-state index is 12.5. The Morgan fingerprint density at radius 2 is 2.10 bits per heavy atom. The van der Waals surface area contributed by atoms with Crippen LogP contribution in [-0.4, -0.2) is 28.7 Å². The highest BCUT2D eigenvalue weighted by molar-refractivity contribution is 6.33. The molecule has 0 bridgehead atoms. The van der Waals surface area contributed by atoms with Crippen LogP contribution in [0.2, 0.25) is 5.02 Å². The van der Waals surface area contributed by atoms with Gasteiger partial charge in [-0.1, -0.05) is 24.6 Å². The summed E-state index contributed by atoms with van der Waals surface area (Å²) in [5, 5.41) is 24.1. The summed E-state index contributed by atoms with van der Waals surface area (Å²) in [4.78, 5) is 12.5. The first kappa shape index (κ1) is 21.1. The monoisotopic (exact) mass is 429 g/mol. The molecule has 6 nitrogen and oxygen atoms in total. The fraction of sp³-hybridized carbons (Fsp3) is 0.286. The molecule has 1 fully saturated rings. The zero-order valence-electron chi connectivity index (χ0n) is 15.8. The Balaban J connectivity index is 0.00000240. The average molecular weight is 430 g/mol. The fourth-order valence-electron chi connectivity index (χ4n) is 3.60. The van der Waals surface area contributed by atoms with Gasteiger partial charge in [-0.15, -0.1) is 12.4 Å². The van der Waals surface area contributed by atoms with Crippen LogP contribution in [0.5, 0.6) is 0 Å². The first-order valence-electron chi connectivity index (χ1n) is 9.31. The third-order valence-corrected chi connectivity index (χ3v) is 5.54. The average Bonchev–Trinajstić information content (AvgIpc) is 3.06. The van der Waals surface area contributed by atoms with Gasteiger partial charge in [0.25, 0.3) is 0 Å². The van der Waals surface area contributed by atoms with E-state index < -0.39 is 0 Å². The molecular formula is C21H21Cl2N5O. The summed E-state index contributed by atoms with van der Waals surface area (Å²) < 4.78 is 0. The summed E-state index contributed by atoms with van der Waals surface area (Å²) in [5.41, 5.74) is 3.00. The smallest absolute Gasteiger partial charge is 0.228 e. The molecule has 1 aromatic heterocycles. The molecule has 150 valence electrons. The van der Waals surface area contributed by atoms with Gasteiger partial charge in [0.2, 0.25) is 5.91 Å². The second-order valence-electron chi connectivity index (χ2n) is 7.05. The van der Waals surface area contributed by atoms with Crippen molar-refractivity contribution in [1.29, 1.82) is 5.26 Å². The standard InChI is InChI=1S/C21H20ClN5O.ClH/c1-2-24-15-8-14(9-15)21(28)25-20-17-10-13(4-6-19(17)26-27-20)16-7-12(11-23)3-5-18(16)22;/h3-7,10,14-15,24H,2,8-9H2,1H3,(H2,25,26,27,28);1H. The number of amides is 1. The van der Waals surface area contributed by atoms with Crippen LogP contribution < -0.4 is 10.6 Å². The van der Waals surface area contributed by atoms with Crippen molar-refractivity contribution >= 4 is 46.6 Å². The Hall–Kier alpha value is -2.59. The number of fused-ring (bicyclic) bond motifs is 1. The van der Waals surface area contributed by atoms with Gasteiger partial charge in [-0.3, -0.25) is 9.89 Å². The molecule has 0 radical (unpaired) electrons. The summed E-state index contributed by atoms with van der Waals surface area (Å²) in [5.74, 6) is 0.527. The van der Waals surface area contributed by atoms with Crippen LogP contribution in [0, 0.1) is 17.2 Å². The summed E-state index contributed by atoms with van der Waals surface area (Å²) in [6.45, 7) is 2.99. The number of hydrogen-bond donors (Lipinski definition) is 3. The molecular weight excluding hydrogens is 409 g/mol. The molecule has 1 amide bonds. The molecule has 0 atom stereocenters. The lowest BCUT2D eigenvalue weighted by Gasteiger charge is -2.34. The number of carbonyl (C=O) groups excluding carboxylic acids is 1. The van der Waals surface area contributed by atoms with Gasteiger partial charge in [0.15, 0.2) is 5.82 Å². The number of nitrogens with zero attached hydrogens (tertiary/aromatic N) is 2. The number of aromatic nitrogens is 2. The van der Waals surface area contributed by atoms with E-state index in [1.54, 1.807) is 18.2 Å². The summed E-state index contributed by atoms with van der Waals surface area (Å²) in [7, 11) is 0. The molecule has 0 unspecified atom stereocenters. The number of carbonyl (C=O) groups is 1. The molecule has 2 aromatic carbocycles. The third kappa shape index (κ3) is 4.23. The zero-order valence-corrected chi connectivity index (χ0v) is 17.4. The van der Waals surface area contributed by atoms with Gasteiger partial charge in [0.05, 0.1) is 17.1 Å². The molecule has 1 aliphatic carbocycles. The minimum absolute atomic E-state index is 0. The maximum absolute atomic E-state index is 12.5. The number of H-pyrrole nitrogens is 1. The lowest BCUT2D eigenvalue weighted by Crippen LogP contribution is -2.45. The quantitative estimate of drug-likeness (QED) is 0.556. The van der Waals surface area contributed by atoms with Crippen LogP contribution in [0.1, 0.15) is 25.3 Å². The second-order valence-corrected chi connectivity index (χ2v) is 7.46. The van der Waals surface area contributed by atoms with E-state index >= 15 is 0 Å². The summed E-state index contributed by atoms with van der Waals surface area (Å²) in [6.07, 6.45) is 1.70. The van der Waals surface area contributed by atoms with Gasteiger partial charge in [-0.05, 0) is 55.3 Å². The van der Waals surface area contributed by atoms with Crippen LogP contribution in [0.25, 0.3) is 22.0 Å². The largest absolute Gasteiger partial charge is 0.314 e. The van der Waals surface area contributed by atoms with Crippen molar-refractivity contribution in [2.75, 3.05) is 11.9 Å². The molecule has 29 heavy (non-hydrogen) atoms. The highest BCUT2D eigenvalue weighted by atomic mass is 35.5. The van der Waals surface area contributed by atoms with Crippen molar-refractivity contribution in [3.63, 3.8) is 0 Å². The lowest BCUT2D eigenvalue weighted by atomic mass is 9.79. The number of benzene rings is 2. The first-order chi connectivity index (χ1) is 13.6. The molecule has 1 heterocycles. The van der Waals surface area contributed by atoms with Crippen LogP contribution in [0.15, 0.2) is 36.4 Å². The number of nitriles is 1. The highest BCUT2D eigenvalue weighted by Gasteiger charge is 2.34. The molecule has 0 saturated heterocycles. The summed E-state index contributed by atoms with van der Waals surface area (Å²) in [6, 6.07) is 13.5. The fourth-order valence-corrected chi connectivity index (χ4v) is 3.83. The molecule has 0 spiro atoms.